The molecule has 71 heavy (non-hydrogen) atoms. The minimum atomic E-state index is -5.21. The van der Waals surface area contributed by atoms with Crippen LogP contribution in [0.1, 0.15) is 15.9 Å². The van der Waals surface area contributed by atoms with Gasteiger partial charge in [-0.05, 0) is 33.0 Å². The fraction of sp³-hybridized carbons (Fsp3) is 0. The van der Waals surface area contributed by atoms with Gasteiger partial charge in [-0.2, -0.15) is 6.07 Å². The number of fused-ring (bicyclic) bond motifs is 22. The van der Waals surface area contributed by atoms with E-state index in [4.69, 9.17) is 63.6 Å². The van der Waals surface area contributed by atoms with Gasteiger partial charge in [-0.15, -0.1) is 18.7 Å². The average molecular weight is 1050 g/mol. The van der Waals surface area contributed by atoms with E-state index in [1.165, 1.54) is 0 Å². The van der Waals surface area contributed by atoms with E-state index in [2.05, 4.69) is 6.07 Å². The van der Waals surface area contributed by atoms with Crippen LogP contribution < -0.4 is 74.8 Å². The standard InChI is InChI=1S/C32H16N8.C14H9N2O7S.Cu.2Na.O3S/c1-2-10-18-17(9-1)25-33-26(18)38-28-21-13-5-6-14-22(21)30(35-28)40-32-24-16-8-7-15-23(24)31(36-32)39-29-20-12-4-3-11-19(20)27(34-29)37-25;15-4-1-2-6(17)10-8(4)14(20)11-9(13(10)19)5(16)3-7(12(11)18)24(21,22)23;;;;1-4(2)3/h1-16H;1,3,16-17,19-20H,15H2,(H,21,22,23);;;;/q-2;-1;;2*+1;/p-1. The Kier molecular flexibility index (Phi) is 14.8. The maximum Gasteiger partial charge on any atom is 1.00 e. The van der Waals surface area contributed by atoms with E-state index >= 15 is 0 Å². The van der Waals surface area contributed by atoms with Gasteiger partial charge in [-0.1, -0.05) is 108 Å². The van der Waals surface area contributed by atoms with Gasteiger partial charge in [0.05, 0.1) is 40.3 Å². The van der Waals surface area contributed by atoms with Crippen LogP contribution in [0, 0.1) is 11.5 Å². The van der Waals surface area contributed by atoms with Crippen LogP contribution in [0.25, 0.3) is 100 Å². The van der Waals surface area contributed by atoms with Crippen LogP contribution in [0.15, 0.2) is 114 Å². The molecule has 25 heteroatoms. The van der Waals surface area contributed by atoms with Crippen molar-refractivity contribution in [3.05, 3.63) is 131 Å². The number of hydrogen-bond acceptors (Lipinski definition) is 18. The Balaban J connectivity index is 0.000000207. The summed E-state index contributed by atoms with van der Waals surface area (Å²) in [4.78, 5) is 50.3. The predicted molar refractivity (Wildman–Crippen MR) is 245 cm³/mol. The van der Waals surface area contributed by atoms with Gasteiger partial charge >= 0.3 is 69.7 Å². The Bertz CT molecular complexity index is 3890. The summed E-state index contributed by atoms with van der Waals surface area (Å²) in [5.41, 5.74) is 9.30. The fourth-order valence-electron chi connectivity index (χ4n) is 8.05. The van der Waals surface area contributed by atoms with E-state index in [9.17, 15) is 33.1 Å². The molecule has 12 rings (SSSR count). The Hall–Kier alpha value is -6.73. The third-order valence-electron chi connectivity index (χ3n) is 10.9. The number of carbonyl (C=O) groups is 1. The van der Waals surface area contributed by atoms with E-state index in [-0.39, 0.29) is 92.6 Å². The Morgan fingerprint density at radius 3 is 1.28 bits per heavy atom. The number of phenolic OH excluding ortho intramolecular Hbond substituents is 3. The molecule has 6 aromatic carbocycles. The molecule has 0 atom stereocenters. The summed E-state index contributed by atoms with van der Waals surface area (Å²) in [7, 11) is -8.32. The van der Waals surface area contributed by atoms with Crippen molar-refractivity contribution < 1.29 is 122 Å². The number of anilines is 1. The molecule has 5 heterocycles. The van der Waals surface area contributed by atoms with Crippen molar-refractivity contribution in [3.8, 4) is 62.8 Å². The molecule has 1 aliphatic carbocycles. The van der Waals surface area contributed by atoms with Crippen molar-refractivity contribution in [1.29, 1.82) is 5.41 Å². The van der Waals surface area contributed by atoms with Gasteiger partial charge in [0.2, 0.25) is 5.78 Å². The monoisotopic (exact) mass is 1050 g/mol. The second kappa shape index (κ2) is 20.2. The van der Waals surface area contributed by atoms with Crippen LogP contribution >= 0.6 is 0 Å². The molecular formula is C46H24CuN10Na2O10S2-2. The number of carbonyl (C=O) groups excluding carboxylic acids is 1. The summed E-state index contributed by atoms with van der Waals surface area (Å²) in [6.45, 7) is 0. The van der Waals surface area contributed by atoms with E-state index < -0.39 is 65.5 Å². The molecule has 1 radical (unpaired) electrons. The molecule has 0 saturated heterocycles. The smallest absolute Gasteiger partial charge is 0.744 e. The van der Waals surface area contributed by atoms with Crippen LogP contribution in [-0.2, 0) is 37.8 Å². The number of nitrogens with one attached hydrogen (secondary N) is 1. The number of hydrogen-bond donors (Lipinski definition) is 5. The van der Waals surface area contributed by atoms with Crippen LogP contribution in [0.5, 0.6) is 17.2 Å². The molecule has 0 spiro atoms. The van der Waals surface area contributed by atoms with Crippen molar-refractivity contribution in [2.45, 2.75) is 0 Å². The normalized spacial score (nSPS) is 12.0. The number of nitrogen functional groups attached to an aromatic ring is 1. The number of ketones is 1. The van der Waals surface area contributed by atoms with Crippen LogP contribution in [0.3, 0.4) is 0 Å². The largest absolute Gasteiger partial charge is 1.00 e. The molecule has 9 aromatic rings. The number of aromatic hydroxyl groups is 3. The Morgan fingerprint density at radius 2 is 0.930 bits per heavy atom. The maximum absolute atomic E-state index is 12.3. The average Bonchev–Trinajstić information content (AvgIpc) is 4.05. The number of nitrogens with zero attached hydrogens (tertiary/aromatic N) is 8. The zero-order chi connectivity index (χ0) is 47.8. The summed E-state index contributed by atoms with van der Waals surface area (Å²) in [6.07, 6.45) is 0.477. The third-order valence-corrected chi connectivity index (χ3v) is 11.8. The quantitative estimate of drug-likeness (QED) is 0.0453. The summed E-state index contributed by atoms with van der Waals surface area (Å²) in [5.74, 6) is -1.39. The summed E-state index contributed by atoms with van der Waals surface area (Å²) >= 11 is 0. The van der Waals surface area contributed by atoms with Gasteiger partial charge in [-0.25, -0.2) is 18.4 Å². The first kappa shape index (κ1) is 52.1. The first-order valence-corrected chi connectivity index (χ1v) is 22.1. The molecular weight excluding hydrogens is 1030 g/mol. The number of Topliss-reactive ketones (excluding diaryl/α,β-unsaturated/α-hetero) is 1. The zero-order valence-corrected chi connectivity index (χ0v) is 42.9. The first-order chi connectivity index (χ1) is 32.6. The van der Waals surface area contributed by atoms with Gasteiger partial charge in [-0.3, -0.25) is 4.79 Å². The van der Waals surface area contributed by atoms with E-state index in [0.29, 0.717) is 52.0 Å². The molecule has 0 fully saturated rings. The van der Waals surface area contributed by atoms with Gasteiger partial charge in [0.15, 0.2) is 0 Å². The van der Waals surface area contributed by atoms with E-state index in [1.54, 1.807) is 0 Å². The molecule has 6 N–H and O–H groups in total. The van der Waals surface area contributed by atoms with Gasteiger partial charge in [0.25, 0.3) is 0 Å². The fourth-order valence-corrected chi connectivity index (χ4v) is 8.64. The topological polar surface area (TPSA) is 342 Å². The third kappa shape index (κ3) is 9.25. The Labute approximate surface area is 455 Å². The van der Waals surface area contributed by atoms with Crippen molar-refractivity contribution in [3.63, 3.8) is 0 Å². The molecule has 2 aliphatic heterocycles. The second-order valence-electron chi connectivity index (χ2n) is 14.9. The number of rotatable bonds is 1. The maximum atomic E-state index is 12.3. The number of allylic oxidation sites excluding steroid dienone is 2. The van der Waals surface area contributed by atoms with Crippen molar-refractivity contribution >= 4 is 92.8 Å². The zero-order valence-electron chi connectivity index (χ0n) is 36.4. The van der Waals surface area contributed by atoms with Crippen LogP contribution in [0.4, 0.5) is 5.69 Å². The first-order valence-electron chi connectivity index (χ1n) is 19.7. The van der Waals surface area contributed by atoms with Crippen LogP contribution in [0.2, 0.25) is 0 Å². The van der Waals surface area contributed by atoms with E-state index in [0.717, 1.165) is 49.9 Å². The van der Waals surface area contributed by atoms with Gasteiger partial charge < -0.3 is 60.9 Å². The molecule has 3 aliphatic rings. The number of phenols is 3. The minimum Gasteiger partial charge on any atom is -0.744 e. The van der Waals surface area contributed by atoms with E-state index in [1.807, 2.05) is 97.1 Å². The molecule has 8 bridgehead atoms. The Morgan fingerprint density at radius 1 is 0.592 bits per heavy atom. The SMILES string of the molecule is N=C1C=C(S(=O)(=O)[O-])C(=O)c2c1c(O)c1c(O)[c-]cc(N)c1c2O.O=S(=O)=O.[Cu].[Na+].[Na+].c1ccc2c(c1)-c1nc-2nc2[n-]c(nc3nc(nc4[n-]c(n1)c1ccccc41)-c1ccccc1-3)c1ccccc21. The molecule has 3 aromatic heterocycles. The van der Waals surface area contributed by atoms with Gasteiger partial charge in [0.1, 0.15) is 20.8 Å². The number of aromatic nitrogens is 8. The summed E-state index contributed by atoms with van der Waals surface area (Å²) < 4.78 is 58.9. The minimum absolute atomic E-state index is 0. The molecule has 0 saturated carbocycles. The second-order valence-corrected chi connectivity index (χ2v) is 16.6. The van der Waals surface area contributed by atoms with Crippen LogP contribution in [-0.4, -0.2) is 82.3 Å². The number of benzene rings is 6. The molecule has 20 nitrogen and oxygen atoms in total. The summed E-state index contributed by atoms with van der Waals surface area (Å²) in [6, 6.07) is 35.2. The van der Waals surface area contributed by atoms with Crippen molar-refractivity contribution in [2.75, 3.05) is 5.73 Å². The summed E-state index contributed by atoms with van der Waals surface area (Å²) in [5, 5.41) is 41.2. The van der Waals surface area contributed by atoms with Gasteiger partial charge in [0, 0.05) is 73.2 Å². The van der Waals surface area contributed by atoms with Crippen molar-refractivity contribution in [1.82, 2.24) is 39.9 Å². The van der Waals surface area contributed by atoms with Crippen molar-refractivity contribution in [2.24, 2.45) is 0 Å². The molecule has 0 unspecified atom stereocenters. The number of nitrogens with two attached hydrogens (primary N) is 1. The molecule has 0 amide bonds. The molecule has 345 valence electrons. The predicted octanol–water partition coefficient (Wildman–Crippen LogP) is -0.539.